The van der Waals surface area contributed by atoms with Crippen LogP contribution in [0.25, 0.3) is 0 Å². The van der Waals surface area contributed by atoms with Gasteiger partial charge >= 0.3 is 0 Å². The van der Waals surface area contributed by atoms with Gasteiger partial charge in [-0.15, -0.1) is 11.3 Å². The van der Waals surface area contributed by atoms with Gasteiger partial charge in [-0.05, 0) is 49.2 Å². The quantitative estimate of drug-likeness (QED) is 0.424. The van der Waals surface area contributed by atoms with Gasteiger partial charge in [0.2, 0.25) is 0 Å². The number of nitrogens with zero attached hydrogens (tertiary/aromatic N) is 3. The molecule has 0 saturated carbocycles. The number of methoxy groups -OCH3 is 1. The molecule has 1 aliphatic rings. The second kappa shape index (κ2) is 11.7. The largest absolute Gasteiger partial charge is 0.497 e. The third kappa shape index (κ3) is 6.61. The third-order valence-electron chi connectivity index (χ3n) is 5.73. The van der Waals surface area contributed by atoms with Crippen LogP contribution in [-0.4, -0.2) is 56.3 Å². The number of benzene rings is 2. The zero-order chi connectivity index (χ0) is 22.0. The van der Waals surface area contributed by atoms with Gasteiger partial charge in [0.05, 0.1) is 13.7 Å². The Morgan fingerprint density at radius 2 is 1.84 bits per heavy atom. The van der Waals surface area contributed by atoms with Gasteiger partial charge in [-0.25, -0.2) is 4.98 Å². The minimum absolute atomic E-state index is 0.764. The van der Waals surface area contributed by atoms with Crippen molar-refractivity contribution >= 4 is 22.2 Å². The standard InChI is InChI=1S/C25H32N4O2S/c1-30-24-6-4-5-22(19-24)29-15-13-28(14-16-29)12-2-3-17-31-23-9-7-21(8-10-23)20-27-25-26-11-18-32-25/h4-11,18-19H,2-3,12-17,20H2,1H3,(H,26,27). The topological polar surface area (TPSA) is 49.9 Å². The minimum Gasteiger partial charge on any atom is -0.497 e. The number of hydrogen-bond acceptors (Lipinski definition) is 7. The van der Waals surface area contributed by atoms with E-state index in [2.05, 4.69) is 62.6 Å². The molecule has 7 heteroatoms. The van der Waals surface area contributed by atoms with Crippen LogP contribution in [0.1, 0.15) is 18.4 Å². The predicted octanol–water partition coefficient (Wildman–Crippen LogP) is 4.75. The van der Waals surface area contributed by atoms with Crippen LogP contribution < -0.4 is 19.7 Å². The van der Waals surface area contributed by atoms with Gasteiger partial charge in [-0.3, -0.25) is 4.90 Å². The lowest BCUT2D eigenvalue weighted by Gasteiger charge is -2.36. The fourth-order valence-corrected chi connectivity index (χ4v) is 4.38. The molecule has 170 valence electrons. The average molecular weight is 453 g/mol. The van der Waals surface area contributed by atoms with Crippen LogP contribution in [0.2, 0.25) is 0 Å². The summed E-state index contributed by atoms with van der Waals surface area (Å²) in [5, 5.41) is 6.25. The Bertz CT molecular complexity index is 925. The number of rotatable bonds is 11. The van der Waals surface area contributed by atoms with E-state index in [0.717, 1.165) is 75.3 Å². The van der Waals surface area contributed by atoms with Crippen LogP contribution in [0.3, 0.4) is 0 Å². The number of piperazine rings is 1. The van der Waals surface area contributed by atoms with Crippen molar-refractivity contribution in [1.29, 1.82) is 0 Å². The van der Waals surface area contributed by atoms with Crippen molar-refractivity contribution < 1.29 is 9.47 Å². The van der Waals surface area contributed by atoms with E-state index in [0.29, 0.717) is 0 Å². The molecular weight excluding hydrogens is 420 g/mol. The Balaban J connectivity index is 1.09. The number of anilines is 2. The molecular formula is C25H32N4O2S. The number of aromatic nitrogens is 1. The summed E-state index contributed by atoms with van der Waals surface area (Å²) < 4.78 is 11.3. The van der Waals surface area contributed by atoms with E-state index in [1.165, 1.54) is 11.3 Å². The molecule has 1 aromatic heterocycles. The SMILES string of the molecule is COc1cccc(N2CCN(CCCCOc3ccc(CNc4nccs4)cc3)CC2)c1. The lowest BCUT2D eigenvalue weighted by atomic mass is 10.2. The average Bonchev–Trinajstić information content (AvgIpc) is 3.37. The molecule has 0 atom stereocenters. The Kier molecular flexibility index (Phi) is 8.23. The lowest BCUT2D eigenvalue weighted by molar-refractivity contribution is 0.238. The van der Waals surface area contributed by atoms with Gasteiger partial charge in [0.15, 0.2) is 5.13 Å². The molecule has 2 aromatic carbocycles. The minimum atomic E-state index is 0.764. The van der Waals surface area contributed by atoms with Crippen LogP contribution in [0.4, 0.5) is 10.8 Å². The van der Waals surface area contributed by atoms with Gasteiger partial charge in [-0.1, -0.05) is 18.2 Å². The summed E-state index contributed by atoms with van der Waals surface area (Å²) >= 11 is 1.61. The number of unbranched alkanes of at least 4 members (excludes halogenated alkanes) is 1. The molecule has 3 aromatic rings. The summed E-state index contributed by atoms with van der Waals surface area (Å²) in [4.78, 5) is 9.24. The van der Waals surface area contributed by atoms with E-state index < -0.39 is 0 Å². The van der Waals surface area contributed by atoms with Gasteiger partial charge in [-0.2, -0.15) is 0 Å². The first kappa shape index (κ1) is 22.4. The molecule has 32 heavy (non-hydrogen) atoms. The van der Waals surface area contributed by atoms with E-state index in [1.807, 2.05) is 17.6 Å². The molecule has 6 nitrogen and oxygen atoms in total. The molecule has 0 aliphatic carbocycles. The third-order valence-corrected chi connectivity index (χ3v) is 6.46. The molecule has 0 radical (unpaired) electrons. The number of hydrogen-bond donors (Lipinski definition) is 1. The van der Waals surface area contributed by atoms with E-state index in [4.69, 9.17) is 9.47 Å². The van der Waals surface area contributed by atoms with Gasteiger partial charge in [0.1, 0.15) is 11.5 Å². The molecule has 1 saturated heterocycles. The molecule has 2 heterocycles. The first-order valence-corrected chi connectivity index (χ1v) is 12.1. The Hall–Kier alpha value is -2.77. The summed E-state index contributed by atoms with van der Waals surface area (Å²) in [7, 11) is 1.72. The smallest absolute Gasteiger partial charge is 0.182 e. The number of thiazole rings is 1. The van der Waals surface area contributed by atoms with Crippen LogP contribution in [0.5, 0.6) is 11.5 Å². The summed E-state index contributed by atoms with van der Waals surface area (Å²) in [6.07, 6.45) is 4.05. The highest BCUT2D eigenvalue weighted by Gasteiger charge is 2.17. The summed E-state index contributed by atoms with van der Waals surface area (Å²) in [6, 6.07) is 16.7. The van der Waals surface area contributed by atoms with Crippen LogP contribution in [0.15, 0.2) is 60.1 Å². The molecule has 0 amide bonds. The lowest BCUT2D eigenvalue weighted by Crippen LogP contribution is -2.46. The summed E-state index contributed by atoms with van der Waals surface area (Å²) in [5.74, 6) is 1.86. The second-order valence-electron chi connectivity index (χ2n) is 7.92. The van der Waals surface area contributed by atoms with Crippen LogP contribution in [-0.2, 0) is 6.54 Å². The number of nitrogens with one attached hydrogen (secondary N) is 1. The van der Waals surface area contributed by atoms with Crippen molar-refractivity contribution in [3.8, 4) is 11.5 Å². The zero-order valence-electron chi connectivity index (χ0n) is 18.7. The second-order valence-corrected chi connectivity index (χ2v) is 8.82. The first-order valence-electron chi connectivity index (χ1n) is 11.3. The maximum absolute atomic E-state index is 5.93. The van der Waals surface area contributed by atoms with Crippen molar-refractivity contribution in [1.82, 2.24) is 9.88 Å². The number of ether oxygens (including phenoxy) is 2. The molecule has 4 rings (SSSR count). The normalized spacial score (nSPS) is 14.3. The maximum Gasteiger partial charge on any atom is 0.182 e. The van der Waals surface area contributed by atoms with Crippen molar-refractivity contribution in [3.05, 3.63) is 65.7 Å². The molecule has 0 spiro atoms. The van der Waals surface area contributed by atoms with E-state index in [9.17, 15) is 0 Å². The molecule has 0 bridgehead atoms. The Morgan fingerprint density at radius 3 is 2.59 bits per heavy atom. The van der Waals surface area contributed by atoms with Crippen molar-refractivity contribution in [2.75, 3.05) is 56.7 Å². The van der Waals surface area contributed by atoms with Crippen LogP contribution in [0, 0.1) is 0 Å². The Labute approximate surface area is 194 Å². The Morgan fingerprint density at radius 1 is 1.00 bits per heavy atom. The molecule has 1 aliphatic heterocycles. The fraction of sp³-hybridized carbons (Fsp3) is 0.400. The highest BCUT2D eigenvalue weighted by atomic mass is 32.1. The fourth-order valence-electron chi connectivity index (χ4n) is 3.86. The van der Waals surface area contributed by atoms with Gasteiger partial charge in [0.25, 0.3) is 0 Å². The van der Waals surface area contributed by atoms with Gasteiger partial charge < -0.3 is 19.7 Å². The molecule has 0 unspecified atom stereocenters. The highest BCUT2D eigenvalue weighted by Crippen LogP contribution is 2.22. The van der Waals surface area contributed by atoms with Crippen molar-refractivity contribution in [2.45, 2.75) is 19.4 Å². The van der Waals surface area contributed by atoms with Crippen LogP contribution >= 0.6 is 11.3 Å². The molecule has 1 fully saturated rings. The van der Waals surface area contributed by atoms with Gasteiger partial charge in [0, 0.05) is 56.1 Å². The van der Waals surface area contributed by atoms with E-state index >= 15 is 0 Å². The monoisotopic (exact) mass is 452 g/mol. The summed E-state index contributed by atoms with van der Waals surface area (Å²) in [6.45, 7) is 7.01. The van der Waals surface area contributed by atoms with E-state index in [-0.39, 0.29) is 0 Å². The first-order chi connectivity index (χ1) is 15.8. The zero-order valence-corrected chi connectivity index (χ0v) is 19.5. The maximum atomic E-state index is 5.93. The van der Waals surface area contributed by atoms with Crippen molar-refractivity contribution in [2.24, 2.45) is 0 Å². The van der Waals surface area contributed by atoms with Crippen molar-refractivity contribution in [3.63, 3.8) is 0 Å². The highest BCUT2D eigenvalue weighted by molar-refractivity contribution is 7.13. The molecule has 1 N–H and O–H groups in total. The summed E-state index contributed by atoms with van der Waals surface area (Å²) in [5.41, 5.74) is 2.48. The van der Waals surface area contributed by atoms with E-state index in [1.54, 1.807) is 18.4 Å². The predicted molar refractivity (Wildman–Crippen MR) is 132 cm³/mol.